The molecule has 0 aromatic heterocycles. The summed E-state index contributed by atoms with van der Waals surface area (Å²) in [6, 6.07) is 5.75. The minimum atomic E-state index is -0.395. The third-order valence-corrected chi connectivity index (χ3v) is 4.30. The maximum atomic E-state index is 12.1. The number of amides is 2. The molecule has 0 heterocycles. The lowest BCUT2D eigenvalue weighted by Gasteiger charge is -2.18. The number of esters is 1. The van der Waals surface area contributed by atoms with Crippen molar-refractivity contribution in [3.05, 3.63) is 29.3 Å². The molecule has 1 saturated carbocycles. The van der Waals surface area contributed by atoms with E-state index < -0.39 is 5.91 Å². The molecule has 0 radical (unpaired) electrons. The van der Waals surface area contributed by atoms with Gasteiger partial charge in [-0.2, -0.15) is 0 Å². The molecule has 24 heavy (non-hydrogen) atoms. The summed E-state index contributed by atoms with van der Waals surface area (Å²) in [6.45, 7) is 5.38. The lowest BCUT2D eigenvalue weighted by Crippen LogP contribution is -2.37. The Kier molecular flexibility index (Phi) is 5.59. The fourth-order valence-electron chi connectivity index (χ4n) is 2.49. The number of carbonyl (C=O) groups excluding carboxylic acids is 3. The number of para-hydroxylation sites is 1. The zero-order chi connectivity index (χ0) is 17.9. The number of anilines is 1. The van der Waals surface area contributed by atoms with Crippen molar-refractivity contribution in [3.63, 3.8) is 0 Å². The monoisotopic (exact) mass is 332 g/mol. The number of nitrogens with one attached hydrogen (secondary N) is 1. The van der Waals surface area contributed by atoms with E-state index in [2.05, 4.69) is 5.32 Å². The average Bonchev–Trinajstić information content (AvgIpc) is 3.25. The molecule has 2 amide bonds. The van der Waals surface area contributed by atoms with Crippen molar-refractivity contribution in [1.82, 2.24) is 4.90 Å². The number of likely N-dealkylation sites (N-methyl/N-ethyl adjacent to an activating group) is 1. The number of rotatable bonds is 6. The van der Waals surface area contributed by atoms with Crippen molar-refractivity contribution in [3.8, 4) is 0 Å². The van der Waals surface area contributed by atoms with Gasteiger partial charge in [0.1, 0.15) is 0 Å². The van der Waals surface area contributed by atoms with E-state index in [4.69, 9.17) is 4.74 Å². The van der Waals surface area contributed by atoms with E-state index in [1.807, 2.05) is 39.0 Å². The molecule has 0 spiro atoms. The Bertz CT molecular complexity index is 636. The van der Waals surface area contributed by atoms with Crippen LogP contribution in [0.25, 0.3) is 0 Å². The van der Waals surface area contributed by atoms with Gasteiger partial charge in [-0.3, -0.25) is 14.4 Å². The summed E-state index contributed by atoms with van der Waals surface area (Å²) in [6.07, 6.45) is 0.820. The topological polar surface area (TPSA) is 75.7 Å². The molecule has 0 aliphatic heterocycles. The second-order valence-electron chi connectivity index (χ2n) is 6.49. The van der Waals surface area contributed by atoms with Crippen LogP contribution in [0.3, 0.4) is 0 Å². The van der Waals surface area contributed by atoms with Gasteiger partial charge in [0.25, 0.3) is 5.91 Å². The van der Waals surface area contributed by atoms with Crippen molar-refractivity contribution in [1.29, 1.82) is 0 Å². The second kappa shape index (κ2) is 7.47. The molecule has 0 unspecified atom stereocenters. The molecule has 1 aliphatic rings. The van der Waals surface area contributed by atoms with Gasteiger partial charge in [-0.25, -0.2) is 0 Å². The minimum Gasteiger partial charge on any atom is -0.455 e. The maximum Gasteiger partial charge on any atom is 0.309 e. The number of carbonyl (C=O) groups is 3. The summed E-state index contributed by atoms with van der Waals surface area (Å²) < 4.78 is 5.00. The molecule has 2 rings (SSSR count). The van der Waals surface area contributed by atoms with Gasteiger partial charge in [-0.15, -0.1) is 0 Å². The third kappa shape index (κ3) is 4.57. The first-order valence-electron chi connectivity index (χ1n) is 8.06. The average molecular weight is 332 g/mol. The van der Waals surface area contributed by atoms with Crippen molar-refractivity contribution in [2.24, 2.45) is 11.8 Å². The Morgan fingerprint density at radius 1 is 1.25 bits per heavy atom. The van der Waals surface area contributed by atoms with Crippen LogP contribution in [0.15, 0.2) is 18.2 Å². The first-order chi connectivity index (χ1) is 11.3. The Labute approximate surface area is 142 Å². The first kappa shape index (κ1) is 18.0. The highest BCUT2D eigenvalue weighted by Crippen LogP contribution is 2.38. The van der Waals surface area contributed by atoms with Crippen molar-refractivity contribution >= 4 is 23.5 Å². The number of hydrogen-bond donors (Lipinski definition) is 1. The highest BCUT2D eigenvalue weighted by Gasteiger charge is 2.40. The predicted octanol–water partition coefficient (Wildman–Crippen LogP) is 1.90. The van der Waals surface area contributed by atoms with Gasteiger partial charge in [0.05, 0.1) is 12.5 Å². The molecular formula is C18H24N2O4. The van der Waals surface area contributed by atoms with E-state index in [0.717, 1.165) is 23.2 Å². The van der Waals surface area contributed by atoms with Gasteiger partial charge in [0, 0.05) is 12.7 Å². The Morgan fingerprint density at radius 3 is 2.38 bits per heavy atom. The summed E-state index contributed by atoms with van der Waals surface area (Å²) in [4.78, 5) is 36.9. The molecule has 1 aromatic rings. The smallest absolute Gasteiger partial charge is 0.309 e. The van der Waals surface area contributed by atoms with Crippen LogP contribution in [0, 0.1) is 25.7 Å². The first-order valence-corrected chi connectivity index (χ1v) is 8.06. The molecule has 1 fully saturated rings. The van der Waals surface area contributed by atoms with Crippen molar-refractivity contribution < 1.29 is 19.1 Å². The van der Waals surface area contributed by atoms with Crippen LogP contribution in [-0.2, 0) is 19.1 Å². The lowest BCUT2D eigenvalue weighted by molar-refractivity contribution is -0.153. The van der Waals surface area contributed by atoms with Crippen molar-refractivity contribution in [2.45, 2.75) is 27.2 Å². The summed E-state index contributed by atoms with van der Waals surface area (Å²) in [7, 11) is 1.51. The molecule has 0 saturated heterocycles. The molecule has 6 heteroatoms. The zero-order valence-electron chi connectivity index (χ0n) is 14.6. The van der Waals surface area contributed by atoms with Gasteiger partial charge in [-0.05, 0) is 37.3 Å². The predicted molar refractivity (Wildman–Crippen MR) is 90.4 cm³/mol. The SMILES string of the molecule is Cc1cccc(C)c1NC(=O)CN(C)C(=O)COC(=O)[C@@H]1C[C@@H]1C. The van der Waals surface area contributed by atoms with Crippen LogP contribution in [0.2, 0.25) is 0 Å². The van der Waals surface area contributed by atoms with E-state index in [-0.39, 0.29) is 30.9 Å². The van der Waals surface area contributed by atoms with E-state index >= 15 is 0 Å². The zero-order valence-corrected chi connectivity index (χ0v) is 14.6. The Hall–Kier alpha value is -2.37. The number of ether oxygens (including phenoxy) is 1. The van der Waals surface area contributed by atoms with Gasteiger partial charge in [-0.1, -0.05) is 25.1 Å². The number of aryl methyl sites for hydroxylation is 2. The summed E-state index contributed by atoms with van der Waals surface area (Å²) in [5.74, 6) is -0.744. The lowest BCUT2D eigenvalue weighted by atomic mass is 10.1. The standard InChI is InChI=1S/C18H24N2O4/c1-11-6-5-7-12(2)17(11)19-15(21)9-20(4)16(22)10-24-18(23)14-8-13(14)3/h5-7,13-14H,8-10H2,1-4H3,(H,19,21)/t13-,14+/m0/s1. The fraction of sp³-hybridized carbons (Fsp3) is 0.500. The summed E-state index contributed by atoms with van der Waals surface area (Å²) >= 11 is 0. The van der Waals surface area contributed by atoms with Crippen LogP contribution in [-0.4, -0.2) is 42.9 Å². The Balaban J connectivity index is 1.80. The van der Waals surface area contributed by atoms with Crippen LogP contribution in [0.1, 0.15) is 24.5 Å². The molecule has 1 aromatic carbocycles. The summed E-state index contributed by atoms with van der Waals surface area (Å²) in [5, 5.41) is 2.82. The molecule has 0 bridgehead atoms. The van der Waals surface area contributed by atoms with Gasteiger partial charge in [0.15, 0.2) is 6.61 Å². The van der Waals surface area contributed by atoms with Crippen LogP contribution >= 0.6 is 0 Å². The number of benzene rings is 1. The summed E-state index contributed by atoms with van der Waals surface area (Å²) in [5.41, 5.74) is 2.69. The highest BCUT2D eigenvalue weighted by atomic mass is 16.5. The largest absolute Gasteiger partial charge is 0.455 e. The number of hydrogen-bond acceptors (Lipinski definition) is 4. The minimum absolute atomic E-state index is 0.0737. The van der Waals surface area contributed by atoms with Gasteiger partial charge in [0.2, 0.25) is 5.91 Å². The van der Waals surface area contributed by atoms with E-state index in [9.17, 15) is 14.4 Å². The number of nitrogens with zero attached hydrogens (tertiary/aromatic N) is 1. The maximum absolute atomic E-state index is 12.1. The van der Waals surface area contributed by atoms with Gasteiger partial charge < -0.3 is 15.0 Å². The van der Waals surface area contributed by atoms with E-state index in [1.165, 1.54) is 11.9 Å². The van der Waals surface area contributed by atoms with Crippen LogP contribution in [0.5, 0.6) is 0 Å². The Morgan fingerprint density at radius 2 is 1.83 bits per heavy atom. The molecule has 130 valence electrons. The molecule has 1 aliphatic carbocycles. The van der Waals surface area contributed by atoms with Crippen molar-refractivity contribution in [2.75, 3.05) is 25.5 Å². The van der Waals surface area contributed by atoms with Crippen LogP contribution in [0.4, 0.5) is 5.69 Å². The molecule has 6 nitrogen and oxygen atoms in total. The third-order valence-electron chi connectivity index (χ3n) is 4.30. The normalized spacial score (nSPS) is 18.7. The quantitative estimate of drug-likeness (QED) is 0.807. The van der Waals surface area contributed by atoms with E-state index in [0.29, 0.717) is 5.92 Å². The van der Waals surface area contributed by atoms with Gasteiger partial charge >= 0.3 is 5.97 Å². The second-order valence-corrected chi connectivity index (χ2v) is 6.49. The molecular weight excluding hydrogens is 308 g/mol. The molecule has 2 atom stereocenters. The van der Waals surface area contributed by atoms with E-state index in [1.54, 1.807) is 0 Å². The van der Waals surface area contributed by atoms with Crippen LogP contribution < -0.4 is 5.32 Å². The fourth-order valence-corrected chi connectivity index (χ4v) is 2.49. The molecule has 1 N–H and O–H groups in total. The highest BCUT2D eigenvalue weighted by molar-refractivity contribution is 5.96.